The van der Waals surface area contributed by atoms with Gasteiger partial charge in [-0.25, -0.2) is 9.97 Å². The highest BCUT2D eigenvalue weighted by Crippen LogP contribution is 2.29. The Kier molecular flexibility index (Phi) is 7.80. The van der Waals surface area contributed by atoms with E-state index in [1.165, 1.54) is 0 Å². The second kappa shape index (κ2) is 9.87. The van der Waals surface area contributed by atoms with Gasteiger partial charge in [0.1, 0.15) is 10.8 Å². The van der Waals surface area contributed by atoms with Crippen molar-refractivity contribution >= 4 is 41.3 Å². The first-order chi connectivity index (χ1) is 13.0. The molecule has 0 amide bonds. The number of aliphatic imine (C=N–C) groups is 1. The minimum Gasteiger partial charge on any atom is -0.350 e. The highest BCUT2D eigenvalue weighted by molar-refractivity contribution is 14.0. The number of nitrogens with one attached hydrogen (secondary N) is 3. The number of guanidine groups is 1. The minimum absolute atomic E-state index is 0. The zero-order valence-corrected chi connectivity index (χ0v) is 17.9. The molecular weight excluding hydrogens is 504 g/mol. The van der Waals surface area contributed by atoms with E-state index in [2.05, 4.69) is 30.6 Å². The molecule has 3 rings (SSSR count). The lowest BCUT2D eigenvalue weighted by atomic mass is 10.2. The van der Waals surface area contributed by atoms with Crippen molar-refractivity contribution in [3.8, 4) is 11.3 Å². The molecule has 11 heteroatoms. The van der Waals surface area contributed by atoms with Crippen LogP contribution in [0.5, 0.6) is 0 Å². The summed E-state index contributed by atoms with van der Waals surface area (Å²) in [5.74, 6) is 1.15. The van der Waals surface area contributed by atoms with E-state index in [0.717, 1.165) is 28.0 Å². The van der Waals surface area contributed by atoms with Gasteiger partial charge in [0.15, 0.2) is 11.7 Å². The van der Waals surface area contributed by atoms with E-state index in [1.54, 1.807) is 13.2 Å². The Morgan fingerprint density at radius 1 is 1.18 bits per heavy atom. The van der Waals surface area contributed by atoms with Crippen LogP contribution in [0, 0.1) is 0 Å². The maximum Gasteiger partial charge on any atom is 0.434 e. The fraction of sp³-hybridized carbons (Fsp3) is 0.235. The number of aromatic nitrogens is 3. The topological polar surface area (TPSA) is 78.0 Å². The Morgan fingerprint density at radius 3 is 2.54 bits per heavy atom. The molecular formula is C17H18F3IN6S. The summed E-state index contributed by atoms with van der Waals surface area (Å²) in [5.41, 5.74) is 1.05. The summed E-state index contributed by atoms with van der Waals surface area (Å²) < 4.78 is 37.7. The molecule has 1 aromatic carbocycles. The summed E-state index contributed by atoms with van der Waals surface area (Å²) in [6.45, 7) is 0.534. The molecule has 6 nitrogen and oxygen atoms in total. The smallest absolute Gasteiger partial charge is 0.350 e. The Bertz CT molecular complexity index is 907. The molecule has 28 heavy (non-hydrogen) atoms. The third-order valence-corrected chi connectivity index (χ3v) is 4.46. The number of nitrogens with zero attached hydrogens (tertiary/aromatic N) is 3. The number of thiazole rings is 1. The first-order valence-electron chi connectivity index (χ1n) is 8.01. The molecule has 150 valence electrons. The predicted octanol–water partition coefficient (Wildman–Crippen LogP) is 4.04. The number of rotatable bonds is 5. The maximum atomic E-state index is 12.6. The molecule has 0 fully saturated rings. The molecule has 2 aromatic heterocycles. The summed E-state index contributed by atoms with van der Waals surface area (Å²) in [4.78, 5) is 15.1. The summed E-state index contributed by atoms with van der Waals surface area (Å²) >= 11 is 0.949. The van der Waals surface area contributed by atoms with Gasteiger partial charge in [0.25, 0.3) is 0 Å². The number of alkyl halides is 3. The number of H-pyrrole nitrogens is 1. The molecule has 3 aromatic rings. The van der Waals surface area contributed by atoms with Crippen molar-refractivity contribution in [1.29, 1.82) is 0 Å². The van der Waals surface area contributed by atoms with Gasteiger partial charge < -0.3 is 15.6 Å². The fourth-order valence-corrected chi connectivity index (χ4v) is 3.03. The Balaban J connectivity index is 0.00000280. The number of halogens is 4. The van der Waals surface area contributed by atoms with Crippen molar-refractivity contribution < 1.29 is 13.2 Å². The van der Waals surface area contributed by atoms with E-state index in [0.29, 0.717) is 23.3 Å². The van der Waals surface area contributed by atoms with Crippen molar-refractivity contribution in [3.05, 3.63) is 58.4 Å². The van der Waals surface area contributed by atoms with Crippen molar-refractivity contribution in [3.63, 3.8) is 0 Å². The predicted molar refractivity (Wildman–Crippen MR) is 114 cm³/mol. The molecule has 0 aliphatic carbocycles. The van der Waals surface area contributed by atoms with E-state index < -0.39 is 11.9 Å². The zero-order valence-electron chi connectivity index (χ0n) is 14.7. The molecule has 0 spiro atoms. The monoisotopic (exact) mass is 522 g/mol. The van der Waals surface area contributed by atoms with E-state index >= 15 is 0 Å². The van der Waals surface area contributed by atoms with Gasteiger partial charge in [0.2, 0.25) is 0 Å². The zero-order chi connectivity index (χ0) is 19.3. The van der Waals surface area contributed by atoms with Crippen LogP contribution in [-0.4, -0.2) is 28.0 Å². The molecule has 0 atom stereocenters. The highest BCUT2D eigenvalue weighted by atomic mass is 127. The van der Waals surface area contributed by atoms with E-state index in [9.17, 15) is 13.2 Å². The summed E-state index contributed by atoms with van der Waals surface area (Å²) in [5, 5.41) is 7.32. The number of imidazole rings is 1. The van der Waals surface area contributed by atoms with Gasteiger partial charge in [-0.2, -0.15) is 13.2 Å². The van der Waals surface area contributed by atoms with Crippen LogP contribution < -0.4 is 10.6 Å². The van der Waals surface area contributed by atoms with Gasteiger partial charge in [0.05, 0.1) is 25.0 Å². The SMILES string of the molecule is CN=C(NCc1ncc(-c2ccccc2)[nH]1)NCc1nc(C(F)(F)F)cs1.I. The van der Waals surface area contributed by atoms with Crippen molar-refractivity contribution in [1.82, 2.24) is 25.6 Å². The fourth-order valence-electron chi connectivity index (χ4n) is 2.29. The highest BCUT2D eigenvalue weighted by Gasteiger charge is 2.33. The second-order valence-electron chi connectivity index (χ2n) is 5.51. The average molecular weight is 522 g/mol. The summed E-state index contributed by atoms with van der Waals surface area (Å²) in [7, 11) is 1.58. The normalized spacial score (nSPS) is 11.8. The second-order valence-corrected chi connectivity index (χ2v) is 6.46. The molecule has 0 bridgehead atoms. The average Bonchev–Trinajstić information content (AvgIpc) is 3.32. The van der Waals surface area contributed by atoms with E-state index in [-0.39, 0.29) is 30.5 Å². The van der Waals surface area contributed by atoms with Crippen LogP contribution in [0.4, 0.5) is 13.2 Å². The van der Waals surface area contributed by atoms with Gasteiger partial charge in [-0.15, -0.1) is 35.3 Å². The van der Waals surface area contributed by atoms with Crippen LogP contribution in [0.25, 0.3) is 11.3 Å². The number of hydrogen-bond donors (Lipinski definition) is 3. The molecule has 0 aliphatic heterocycles. The molecule has 2 heterocycles. The number of aromatic amines is 1. The lowest BCUT2D eigenvalue weighted by molar-refractivity contribution is -0.140. The van der Waals surface area contributed by atoms with Crippen LogP contribution in [-0.2, 0) is 19.3 Å². The van der Waals surface area contributed by atoms with Crippen LogP contribution in [0.3, 0.4) is 0 Å². The van der Waals surface area contributed by atoms with E-state index in [4.69, 9.17) is 0 Å². The van der Waals surface area contributed by atoms with Crippen LogP contribution >= 0.6 is 35.3 Å². The molecule has 0 saturated carbocycles. The Labute approximate surface area is 180 Å². The first-order valence-corrected chi connectivity index (χ1v) is 8.89. The van der Waals surface area contributed by atoms with Crippen molar-refractivity contribution in [2.45, 2.75) is 19.3 Å². The quantitative estimate of drug-likeness (QED) is 0.269. The van der Waals surface area contributed by atoms with Gasteiger partial charge in [-0.1, -0.05) is 30.3 Å². The first kappa shape index (κ1) is 22.1. The Hall–Kier alpha value is -2.15. The van der Waals surface area contributed by atoms with Crippen molar-refractivity contribution in [2.75, 3.05) is 7.05 Å². The van der Waals surface area contributed by atoms with Gasteiger partial charge in [0, 0.05) is 12.4 Å². The van der Waals surface area contributed by atoms with Crippen LogP contribution in [0.15, 0.2) is 46.9 Å². The molecule has 0 radical (unpaired) electrons. The third kappa shape index (κ3) is 5.92. The largest absolute Gasteiger partial charge is 0.434 e. The summed E-state index contributed by atoms with van der Waals surface area (Å²) in [6, 6.07) is 9.80. The Morgan fingerprint density at radius 2 is 1.89 bits per heavy atom. The lowest BCUT2D eigenvalue weighted by Crippen LogP contribution is -2.36. The van der Waals surface area contributed by atoms with Gasteiger partial charge in [-0.3, -0.25) is 4.99 Å². The van der Waals surface area contributed by atoms with Gasteiger partial charge in [-0.05, 0) is 5.56 Å². The van der Waals surface area contributed by atoms with Crippen LogP contribution in [0.2, 0.25) is 0 Å². The standard InChI is InChI=1S/C17H17F3N6S.HI/c1-21-16(24-9-15-26-13(10-27-15)17(18,19)20)23-8-14-22-7-12(25-14)11-5-3-2-4-6-11;/h2-7,10H,8-9H2,1H3,(H,22,25)(H2,21,23,24);1H. The summed E-state index contributed by atoms with van der Waals surface area (Å²) in [6.07, 6.45) is -2.68. The van der Waals surface area contributed by atoms with E-state index in [1.807, 2.05) is 30.3 Å². The minimum atomic E-state index is -4.43. The number of benzene rings is 1. The molecule has 0 unspecified atom stereocenters. The third-order valence-electron chi connectivity index (χ3n) is 3.61. The maximum absolute atomic E-state index is 12.6. The molecule has 0 saturated heterocycles. The molecule has 3 N–H and O–H groups in total. The van der Waals surface area contributed by atoms with Crippen molar-refractivity contribution in [2.24, 2.45) is 4.99 Å². The van der Waals surface area contributed by atoms with Crippen LogP contribution in [0.1, 0.15) is 16.5 Å². The lowest BCUT2D eigenvalue weighted by Gasteiger charge is -2.09. The van der Waals surface area contributed by atoms with Gasteiger partial charge >= 0.3 is 6.18 Å². The number of hydrogen-bond acceptors (Lipinski definition) is 4. The molecule has 0 aliphatic rings.